The number of benzene rings is 2. The van der Waals surface area contributed by atoms with Gasteiger partial charge in [0.05, 0.1) is 23.7 Å². The second-order valence-electron chi connectivity index (χ2n) is 12.3. The third kappa shape index (κ3) is 10.9. The molecule has 1 amide bonds. The molecule has 1 saturated heterocycles. The molecule has 0 radical (unpaired) electrons. The molecule has 1 aliphatic rings. The van der Waals surface area contributed by atoms with E-state index in [0.717, 1.165) is 55.0 Å². The Kier molecular flexibility index (Phi) is 14.9. The number of hydrogen-bond donors (Lipinski definition) is 4. The maximum Gasteiger partial charge on any atom is 0.305 e. The van der Waals surface area contributed by atoms with E-state index in [4.69, 9.17) is 37.1 Å². The Bertz CT molecular complexity index is 1940. The summed E-state index contributed by atoms with van der Waals surface area (Å²) in [6, 6.07) is 19.0. The summed E-state index contributed by atoms with van der Waals surface area (Å²) >= 11 is 9.03. The number of amides is 1. The van der Waals surface area contributed by atoms with Crippen LogP contribution in [0.15, 0.2) is 58.9 Å². The monoisotopic (exact) mass is 772 g/mol. The number of aliphatic carboxylic acids is 1. The van der Waals surface area contributed by atoms with Gasteiger partial charge in [-0.2, -0.15) is 10.5 Å². The van der Waals surface area contributed by atoms with Crippen LogP contribution in [-0.4, -0.2) is 72.3 Å². The highest BCUT2D eigenvalue weighted by Crippen LogP contribution is 2.40. The minimum absolute atomic E-state index is 0.0576. The first kappa shape index (κ1) is 39.5. The third-order valence-electron chi connectivity index (χ3n) is 8.58. The van der Waals surface area contributed by atoms with Gasteiger partial charge in [0.2, 0.25) is 5.91 Å². The average molecular weight is 773 g/mol. The molecule has 0 saturated carbocycles. The van der Waals surface area contributed by atoms with Gasteiger partial charge in [0, 0.05) is 53.5 Å². The van der Waals surface area contributed by atoms with Crippen LogP contribution >= 0.6 is 34.7 Å². The zero-order chi connectivity index (χ0) is 37.6. The summed E-state index contributed by atoms with van der Waals surface area (Å²) in [5.74, 6) is 0.431. The zero-order valence-corrected chi connectivity index (χ0v) is 31.5. The highest BCUT2D eigenvalue weighted by Gasteiger charge is 2.26. The normalized spacial score (nSPS) is 12.9. The minimum atomic E-state index is -0.975. The second kappa shape index (κ2) is 19.9. The van der Waals surface area contributed by atoms with E-state index < -0.39 is 12.0 Å². The van der Waals surface area contributed by atoms with Gasteiger partial charge in [0.15, 0.2) is 0 Å². The van der Waals surface area contributed by atoms with E-state index >= 15 is 0 Å². The predicted molar refractivity (Wildman–Crippen MR) is 208 cm³/mol. The van der Waals surface area contributed by atoms with Crippen molar-refractivity contribution in [1.29, 1.82) is 10.5 Å². The van der Waals surface area contributed by atoms with Crippen LogP contribution < -0.4 is 26.0 Å². The van der Waals surface area contributed by atoms with Crippen molar-refractivity contribution in [2.45, 2.75) is 55.3 Å². The van der Waals surface area contributed by atoms with Crippen molar-refractivity contribution in [3.05, 3.63) is 75.8 Å². The van der Waals surface area contributed by atoms with Crippen molar-refractivity contribution in [3.8, 4) is 39.6 Å². The topological polar surface area (TPSA) is 190 Å². The number of nitrogens with two attached hydrogens (primary N) is 1. The largest absolute Gasteiger partial charge is 0.492 e. The minimum Gasteiger partial charge on any atom is -0.492 e. The highest BCUT2D eigenvalue weighted by atomic mass is 35.5. The number of hydrogen-bond acceptors (Lipinski definition) is 12. The predicted octanol–water partition coefficient (Wildman–Crippen LogP) is 6.22. The molecule has 1 atom stereocenters. The number of aromatic nitrogens is 2. The van der Waals surface area contributed by atoms with E-state index in [1.807, 2.05) is 41.8 Å². The molecule has 4 aromatic rings. The number of halogens is 1. The number of ether oxygens (including phenoxy) is 1. The molecule has 15 heteroatoms. The fourth-order valence-corrected chi connectivity index (χ4v) is 7.84. The summed E-state index contributed by atoms with van der Waals surface area (Å²) in [7, 11) is 0. The Labute approximate surface area is 322 Å². The number of nitriles is 2. The zero-order valence-electron chi connectivity index (χ0n) is 29.1. The van der Waals surface area contributed by atoms with Gasteiger partial charge in [-0.05, 0) is 62.1 Å². The fraction of sp³-hybridized carbons (Fsp3) is 0.368. The van der Waals surface area contributed by atoms with Crippen molar-refractivity contribution in [1.82, 2.24) is 20.6 Å². The molecule has 1 fully saturated rings. The molecule has 12 nitrogen and oxygen atoms in total. The number of nitrogens with zero attached hydrogens (tertiary/aromatic N) is 5. The Morgan fingerprint density at radius 2 is 1.74 bits per heavy atom. The van der Waals surface area contributed by atoms with Crippen LogP contribution in [0.4, 0.5) is 5.82 Å². The number of carbonyl (C=O) groups excluding carboxylic acids is 1. The summed E-state index contributed by atoms with van der Waals surface area (Å²) in [6.45, 7) is 2.80. The van der Waals surface area contributed by atoms with E-state index in [-0.39, 0.29) is 25.5 Å². The first-order chi connectivity index (χ1) is 25.8. The number of carbonyl (C=O) groups is 2. The molecule has 0 spiro atoms. The molecule has 53 heavy (non-hydrogen) atoms. The van der Waals surface area contributed by atoms with Crippen LogP contribution in [0.1, 0.15) is 55.3 Å². The fourth-order valence-electron chi connectivity index (χ4n) is 5.91. The van der Waals surface area contributed by atoms with Crippen LogP contribution in [0.5, 0.6) is 5.75 Å². The lowest BCUT2D eigenvalue weighted by molar-refractivity contribution is -0.137. The number of pyridine rings is 1. The van der Waals surface area contributed by atoms with E-state index in [0.29, 0.717) is 69.1 Å². The second-order valence-corrected chi connectivity index (χ2v) is 14.6. The van der Waals surface area contributed by atoms with Gasteiger partial charge in [-0.3, -0.25) is 9.59 Å². The lowest BCUT2D eigenvalue weighted by Gasteiger charge is -2.22. The van der Waals surface area contributed by atoms with Crippen molar-refractivity contribution in [3.63, 3.8) is 0 Å². The smallest absolute Gasteiger partial charge is 0.305 e. The number of anilines is 1. The number of unbranched alkanes of at least 4 members (excludes halogenated alkanes) is 1. The molecule has 2 aromatic carbocycles. The Morgan fingerprint density at radius 3 is 2.42 bits per heavy atom. The molecule has 5 N–H and O–H groups in total. The van der Waals surface area contributed by atoms with E-state index in [1.54, 1.807) is 23.5 Å². The Hall–Kier alpha value is -4.70. The van der Waals surface area contributed by atoms with Crippen molar-refractivity contribution >= 4 is 52.4 Å². The first-order valence-electron chi connectivity index (χ1n) is 17.4. The van der Waals surface area contributed by atoms with Crippen molar-refractivity contribution in [2.75, 3.05) is 44.2 Å². The van der Waals surface area contributed by atoms with Crippen LogP contribution in [-0.2, 0) is 15.3 Å². The van der Waals surface area contributed by atoms with Crippen LogP contribution in [0, 0.1) is 22.7 Å². The maximum absolute atomic E-state index is 12.7. The SMILES string of the molecule is N#Cc1c(SCc2csc(-c3ccc(Cl)cc3)n2)nc(N2CCCC2)c(C#N)c1-c1ccc(OCCN[C@@H](CCCCN)C(=O)NCCC(=O)O)cc1. The molecule has 1 aliphatic heterocycles. The van der Waals surface area contributed by atoms with Crippen LogP contribution in [0.25, 0.3) is 21.7 Å². The van der Waals surface area contributed by atoms with Gasteiger partial charge in [0.1, 0.15) is 45.9 Å². The van der Waals surface area contributed by atoms with Crippen LogP contribution in [0.3, 0.4) is 0 Å². The molecule has 3 heterocycles. The molecule has 2 aromatic heterocycles. The summed E-state index contributed by atoms with van der Waals surface area (Å²) < 4.78 is 5.98. The number of thiazole rings is 1. The molecule has 276 valence electrons. The molecular formula is C38H41ClN8O4S2. The molecule has 5 rings (SSSR count). The summed E-state index contributed by atoms with van der Waals surface area (Å²) in [6.07, 6.45) is 3.95. The van der Waals surface area contributed by atoms with Gasteiger partial charge >= 0.3 is 5.97 Å². The number of carboxylic acids is 1. The van der Waals surface area contributed by atoms with Gasteiger partial charge in [-0.15, -0.1) is 11.3 Å². The average Bonchev–Trinajstić information content (AvgIpc) is 3.88. The lowest BCUT2D eigenvalue weighted by atomic mass is 9.96. The van der Waals surface area contributed by atoms with E-state index in [2.05, 4.69) is 27.7 Å². The number of thioether (sulfide) groups is 1. The molecule has 0 aliphatic carbocycles. The first-order valence-corrected chi connectivity index (χ1v) is 19.7. The lowest BCUT2D eigenvalue weighted by Crippen LogP contribution is -2.46. The number of nitrogens with one attached hydrogen (secondary N) is 2. The molecular weight excluding hydrogens is 732 g/mol. The van der Waals surface area contributed by atoms with Crippen molar-refractivity contribution in [2.24, 2.45) is 5.73 Å². The van der Waals surface area contributed by atoms with Crippen molar-refractivity contribution < 1.29 is 19.4 Å². The number of carboxylic acid groups (broad SMARTS) is 1. The number of rotatable bonds is 19. The van der Waals surface area contributed by atoms with Crippen LogP contribution in [0.2, 0.25) is 5.02 Å². The van der Waals surface area contributed by atoms with E-state index in [1.165, 1.54) is 11.8 Å². The van der Waals surface area contributed by atoms with E-state index in [9.17, 15) is 20.1 Å². The quantitative estimate of drug-likeness (QED) is 0.0623. The molecule has 0 bridgehead atoms. The molecule has 0 unspecified atom stereocenters. The summed E-state index contributed by atoms with van der Waals surface area (Å²) in [4.78, 5) is 35.4. The maximum atomic E-state index is 12.7. The van der Waals surface area contributed by atoms with Gasteiger partial charge in [0.25, 0.3) is 0 Å². The Morgan fingerprint density at radius 1 is 1.02 bits per heavy atom. The van der Waals surface area contributed by atoms with Gasteiger partial charge in [-0.1, -0.05) is 54.0 Å². The van der Waals surface area contributed by atoms with Gasteiger partial charge < -0.3 is 31.1 Å². The highest BCUT2D eigenvalue weighted by molar-refractivity contribution is 7.98. The summed E-state index contributed by atoms with van der Waals surface area (Å²) in [5.41, 5.74) is 9.40. The third-order valence-corrected chi connectivity index (χ3v) is 10.8. The Balaban J connectivity index is 1.30. The standard InChI is InChI=1S/C38H41ClN8O4S2/c39-27-10-6-26(7-11-27)37-45-28(23-52-37)24-53-38-31(22-42)34(30(21-41)35(46-38)47-18-3-4-19-47)25-8-12-29(13-9-25)51-20-17-43-32(5-1-2-15-40)36(50)44-16-14-33(48)49/h6-13,23,32,43H,1-5,14-20,24,40H2,(H,44,50)(H,48,49)/t32-/m0/s1. The summed E-state index contributed by atoms with van der Waals surface area (Å²) in [5, 5.41) is 39.8. The van der Waals surface area contributed by atoms with Gasteiger partial charge in [-0.25, -0.2) is 9.97 Å².